The summed E-state index contributed by atoms with van der Waals surface area (Å²) in [5.41, 5.74) is 0. The van der Waals surface area contributed by atoms with Gasteiger partial charge in [-0.25, -0.2) is 0 Å². The van der Waals surface area contributed by atoms with Crippen LogP contribution in [0, 0.1) is 0 Å². The predicted molar refractivity (Wildman–Crippen MR) is 77.2 cm³/mol. The Morgan fingerprint density at radius 2 is 2.10 bits per heavy atom. The summed E-state index contributed by atoms with van der Waals surface area (Å²) in [4.78, 5) is 13.3. The van der Waals surface area contributed by atoms with Gasteiger partial charge in [0, 0.05) is 31.7 Å². The maximum absolute atomic E-state index is 6.12. The van der Waals surface area contributed by atoms with Gasteiger partial charge in [-0.15, -0.1) is 0 Å². The van der Waals surface area contributed by atoms with Gasteiger partial charge < -0.3 is 4.90 Å². The Bertz CT molecular complexity index is 626. The molecule has 1 atom stereocenters. The number of aromatic nitrogens is 4. The van der Waals surface area contributed by atoms with Gasteiger partial charge >= 0.3 is 0 Å². The van der Waals surface area contributed by atoms with Crippen molar-refractivity contribution in [1.82, 2.24) is 24.5 Å². The molecule has 0 bridgehead atoms. The van der Waals surface area contributed by atoms with Gasteiger partial charge in [0.05, 0.1) is 0 Å². The molecule has 4 heterocycles. The molecule has 0 spiro atoms. The van der Waals surface area contributed by atoms with Crippen molar-refractivity contribution >= 4 is 23.2 Å². The van der Waals surface area contributed by atoms with Gasteiger partial charge in [0.1, 0.15) is 17.3 Å². The topological polar surface area (TPSA) is 49.6 Å². The van der Waals surface area contributed by atoms with E-state index < -0.39 is 0 Å². The molecule has 7 heteroatoms. The first kappa shape index (κ1) is 12.3. The van der Waals surface area contributed by atoms with Crippen LogP contribution in [0.3, 0.4) is 0 Å². The second-order valence-electron chi connectivity index (χ2n) is 5.54. The van der Waals surface area contributed by atoms with Crippen LogP contribution >= 0.6 is 11.6 Å². The second kappa shape index (κ2) is 4.86. The third-order valence-electron chi connectivity index (χ3n) is 4.33. The number of rotatable bonds is 1. The zero-order valence-electron chi connectivity index (χ0n) is 11.2. The van der Waals surface area contributed by atoms with E-state index in [4.69, 9.17) is 11.6 Å². The lowest BCUT2D eigenvalue weighted by Gasteiger charge is -2.27. The van der Waals surface area contributed by atoms with Crippen molar-refractivity contribution in [2.24, 2.45) is 0 Å². The first-order chi connectivity index (χ1) is 9.81. The van der Waals surface area contributed by atoms with Crippen molar-refractivity contribution in [1.29, 1.82) is 0 Å². The molecule has 2 aromatic rings. The van der Waals surface area contributed by atoms with Crippen molar-refractivity contribution in [3.05, 3.63) is 17.5 Å². The van der Waals surface area contributed by atoms with Crippen LogP contribution in [-0.2, 0) is 0 Å². The summed E-state index contributed by atoms with van der Waals surface area (Å²) < 4.78 is 1.79. The van der Waals surface area contributed by atoms with Crippen LogP contribution in [0.1, 0.15) is 19.3 Å². The Labute approximate surface area is 122 Å². The summed E-state index contributed by atoms with van der Waals surface area (Å²) in [5, 5.41) is 4.76. The van der Waals surface area contributed by atoms with E-state index in [-0.39, 0.29) is 0 Å². The number of hydrogen-bond donors (Lipinski definition) is 0. The highest BCUT2D eigenvalue weighted by Crippen LogP contribution is 2.26. The van der Waals surface area contributed by atoms with Crippen LogP contribution in [-0.4, -0.2) is 56.7 Å². The molecule has 0 aliphatic carbocycles. The molecule has 1 unspecified atom stereocenters. The van der Waals surface area contributed by atoms with Crippen LogP contribution < -0.4 is 4.90 Å². The molecule has 0 N–H and O–H groups in total. The summed E-state index contributed by atoms with van der Waals surface area (Å²) in [6.07, 6.45) is 5.30. The molecular formula is C13H17ClN6. The van der Waals surface area contributed by atoms with Crippen LogP contribution in [0.25, 0.3) is 5.78 Å². The third kappa shape index (κ3) is 2.03. The predicted octanol–water partition coefficient (Wildman–Crippen LogP) is 1.45. The highest BCUT2D eigenvalue weighted by atomic mass is 35.5. The third-order valence-corrected chi connectivity index (χ3v) is 4.52. The molecule has 6 nitrogen and oxygen atoms in total. The molecule has 0 radical (unpaired) electrons. The molecule has 2 aliphatic heterocycles. The van der Waals surface area contributed by atoms with Crippen molar-refractivity contribution in [3.8, 4) is 0 Å². The second-order valence-corrected chi connectivity index (χ2v) is 5.93. The quantitative estimate of drug-likeness (QED) is 0.745. The van der Waals surface area contributed by atoms with Gasteiger partial charge in [0.15, 0.2) is 0 Å². The van der Waals surface area contributed by atoms with E-state index in [1.807, 2.05) is 6.07 Å². The summed E-state index contributed by atoms with van der Waals surface area (Å²) in [7, 11) is 0. The van der Waals surface area contributed by atoms with E-state index in [0.717, 1.165) is 18.9 Å². The normalized spacial score (nSPS) is 24.1. The molecule has 0 amide bonds. The first-order valence-corrected chi connectivity index (χ1v) is 7.54. The number of nitrogens with zero attached hydrogens (tertiary/aromatic N) is 6. The zero-order chi connectivity index (χ0) is 13.5. The zero-order valence-corrected chi connectivity index (χ0v) is 12.0. The van der Waals surface area contributed by atoms with Gasteiger partial charge in [0.25, 0.3) is 5.78 Å². The van der Waals surface area contributed by atoms with Gasteiger partial charge in [0.2, 0.25) is 0 Å². The summed E-state index contributed by atoms with van der Waals surface area (Å²) in [5.74, 6) is 1.58. The Hall–Kier alpha value is -1.40. The molecule has 20 heavy (non-hydrogen) atoms. The number of anilines is 1. The number of fused-ring (bicyclic) bond motifs is 2. The molecule has 0 aromatic carbocycles. The fourth-order valence-corrected chi connectivity index (χ4v) is 3.58. The lowest BCUT2D eigenvalue weighted by atomic mass is 10.2. The van der Waals surface area contributed by atoms with E-state index in [2.05, 4.69) is 24.9 Å². The van der Waals surface area contributed by atoms with E-state index in [1.54, 1.807) is 4.52 Å². The molecule has 2 aliphatic rings. The Morgan fingerprint density at radius 3 is 3.05 bits per heavy atom. The Kier molecular flexibility index (Phi) is 3.00. The highest BCUT2D eigenvalue weighted by Gasteiger charge is 2.29. The number of hydrogen-bond acceptors (Lipinski definition) is 5. The van der Waals surface area contributed by atoms with Crippen molar-refractivity contribution in [2.75, 3.05) is 31.1 Å². The van der Waals surface area contributed by atoms with Crippen molar-refractivity contribution in [3.63, 3.8) is 0 Å². The lowest BCUT2D eigenvalue weighted by molar-refractivity contribution is 0.273. The van der Waals surface area contributed by atoms with E-state index in [0.29, 0.717) is 17.0 Å². The maximum Gasteiger partial charge on any atom is 0.255 e. The molecule has 4 rings (SSSR count). The summed E-state index contributed by atoms with van der Waals surface area (Å²) >= 11 is 6.12. The van der Waals surface area contributed by atoms with Crippen molar-refractivity contribution < 1.29 is 0 Å². The summed E-state index contributed by atoms with van der Waals surface area (Å²) in [6, 6.07) is 2.55. The summed E-state index contributed by atoms with van der Waals surface area (Å²) in [6.45, 7) is 4.51. The largest absolute Gasteiger partial charge is 0.355 e. The molecule has 106 valence electrons. The molecular weight excluding hydrogens is 276 g/mol. The van der Waals surface area contributed by atoms with Gasteiger partial charge in [-0.3, -0.25) is 4.90 Å². The lowest BCUT2D eigenvalue weighted by Crippen LogP contribution is -2.37. The van der Waals surface area contributed by atoms with Gasteiger partial charge in [-0.1, -0.05) is 11.6 Å². The van der Waals surface area contributed by atoms with Crippen LogP contribution in [0.2, 0.25) is 5.15 Å². The van der Waals surface area contributed by atoms with Gasteiger partial charge in [-0.2, -0.15) is 19.6 Å². The minimum absolute atomic E-state index is 0.480. The van der Waals surface area contributed by atoms with Crippen LogP contribution in [0.5, 0.6) is 0 Å². The Balaban J connectivity index is 1.72. The fourth-order valence-electron chi connectivity index (χ4n) is 3.41. The average Bonchev–Trinajstić information content (AvgIpc) is 3.02. The monoisotopic (exact) mass is 292 g/mol. The van der Waals surface area contributed by atoms with E-state index >= 15 is 0 Å². The number of halogens is 1. The smallest absolute Gasteiger partial charge is 0.255 e. The molecule has 0 saturated carbocycles. The van der Waals surface area contributed by atoms with Crippen LogP contribution in [0.15, 0.2) is 12.4 Å². The van der Waals surface area contributed by atoms with Crippen LogP contribution in [0.4, 0.5) is 5.82 Å². The van der Waals surface area contributed by atoms with Crippen molar-refractivity contribution in [2.45, 2.75) is 25.3 Å². The highest BCUT2D eigenvalue weighted by molar-refractivity contribution is 6.29. The SMILES string of the molecule is Clc1cc(N2CCCN3CCCC3C2)n2ncnc2n1. The van der Waals surface area contributed by atoms with E-state index in [9.17, 15) is 0 Å². The molecule has 2 aromatic heterocycles. The average molecular weight is 293 g/mol. The fraction of sp³-hybridized carbons (Fsp3) is 0.615. The molecule has 2 saturated heterocycles. The molecule has 2 fully saturated rings. The minimum Gasteiger partial charge on any atom is -0.355 e. The van der Waals surface area contributed by atoms with Gasteiger partial charge in [-0.05, 0) is 25.8 Å². The Morgan fingerprint density at radius 1 is 1.20 bits per heavy atom. The maximum atomic E-state index is 6.12. The first-order valence-electron chi connectivity index (χ1n) is 7.16. The van der Waals surface area contributed by atoms with E-state index in [1.165, 1.54) is 38.7 Å². The standard InChI is InChI=1S/C13H17ClN6/c14-11-7-12(20-13(17-11)15-9-16-20)19-6-2-5-18-4-1-3-10(18)8-19/h7,9-10H,1-6,8H2. The minimum atomic E-state index is 0.480.